The van der Waals surface area contributed by atoms with E-state index in [1.807, 2.05) is 0 Å². The molecule has 0 unspecified atom stereocenters. The molecule has 0 N–H and O–H groups in total. The van der Waals surface area contributed by atoms with Crippen LogP contribution in [0.5, 0.6) is 0 Å². The van der Waals surface area contributed by atoms with Crippen LogP contribution < -0.4 is 0 Å². The third-order valence-corrected chi connectivity index (χ3v) is 2.76. The molecule has 0 amide bonds. The molecule has 0 aliphatic heterocycles. The van der Waals surface area contributed by atoms with Gasteiger partial charge in [0, 0.05) is 4.47 Å². The van der Waals surface area contributed by atoms with Crippen LogP contribution in [-0.2, 0) is 22.1 Å². The molecule has 0 heterocycles. The highest BCUT2D eigenvalue weighted by Crippen LogP contribution is 2.32. The fraction of sp³-hybridized carbons (Fsp3) is 0.364. The fourth-order valence-corrected chi connectivity index (χ4v) is 1.75. The minimum atomic E-state index is -4.38. The molecule has 17 heavy (non-hydrogen) atoms. The molecule has 0 saturated carbocycles. The van der Waals surface area contributed by atoms with Crippen molar-refractivity contribution < 1.29 is 22.7 Å². The van der Waals surface area contributed by atoms with Crippen LogP contribution in [0.25, 0.3) is 0 Å². The van der Waals surface area contributed by atoms with Gasteiger partial charge >= 0.3 is 12.1 Å². The van der Waals surface area contributed by atoms with E-state index in [2.05, 4.69) is 15.9 Å². The first-order valence-electron chi connectivity index (χ1n) is 4.86. The van der Waals surface area contributed by atoms with Gasteiger partial charge in [-0.05, 0) is 24.6 Å². The minimum Gasteiger partial charge on any atom is -0.466 e. The second-order valence-electron chi connectivity index (χ2n) is 3.29. The Morgan fingerprint density at radius 1 is 1.41 bits per heavy atom. The van der Waals surface area contributed by atoms with Crippen molar-refractivity contribution in [3.8, 4) is 0 Å². The average molecular weight is 311 g/mol. The van der Waals surface area contributed by atoms with Gasteiger partial charge in [-0.25, -0.2) is 0 Å². The van der Waals surface area contributed by atoms with Gasteiger partial charge in [-0.2, -0.15) is 13.2 Å². The van der Waals surface area contributed by atoms with E-state index in [0.29, 0.717) is 5.56 Å². The highest BCUT2D eigenvalue weighted by Gasteiger charge is 2.30. The Hall–Kier alpha value is -1.04. The number of alkyl halides is 3. The van der Waals surface area contributed by atoms with E-state index < -0.39 is 17.7 Å². The van der Waals surface area contributed by atoms with Crippen LogP contribution in [0.3, 0.4) is 0 Å². The Bertz CT molecular complexity index is 416. The van der Waals surface area contributed by atoms with Gasteiger partial charge in [-0.1, -0.05) is 22.0 Å². The van der Waals surface area contributed by atoms with E-state index in [-0.39, 0.29) is 17.5 Å². The van der Waals surface area contributed by atoms with Crippen LogP contribution in [0.4, 0.5) is 13.2 Å². The monoisotopic (exact) mass is 310 g/mol. The van der Waals surface area contributed by atoms with Crippen molar-refractivity contribution in [1.29, 1.82) is 0 Å². The highest BCUT2D eigenvalue weighted by atomic mass is 79.9. The van der Waals surface area contributed by atoms with Crippen molar-refractivity contribution in [2.24, 2.45) is 0 Å². The lowest BCUT2D eigenvalue weighted by atomic mass is 10.1. The molecule has 0 aromatic heterocycles. The molecule has 0 fully saturated rings. The predicted octanol–water partition coefficient (Wildman–Crippen LogP) is 3.57. The van der Waals surface area contributed by atoms with E-state index in [9.17, 15) is 18.0 Å². The van der Waals surface area contributed by atoms with Gasteiger partial charge in [0.15, 0.2) is 0 Å². The summed E-state index contributed by atoms with van der Waals surface area (Å²) in [6, 6.07) is 3.16. The van der Waals surface area contributed by atoms with Crippen LogP contribution in [-0.4, -0.2) is 12.6 Å². The zero-order valence-corrected chi connectivity index (χ0v) is 10.6. The summed E-state index contributed by atoms with van der Waals surface area (Å²) in [5, 5.41) is 0. The fourth-order valence-electron chi connectivity index (χ4n) is 1.23. The van der Waals surface area contributed by atoms with Gasteiger partial charge in [-0.15, -0.1) is 0 Å². The Labute approximate surface area is 105 Å². The Morgan fingerprint density at radius 3 is 2.53 bits per heavy atom. The van der Waals surface area contributed by atoms with Gasteiger partial charge in [0.25, 0.3) is 0 Å². The van der Waals surface area contributed by atoms with Crippen molar-refractivity contribution >= 4 is 21.9 Å². The molecule has 94 valence electrons. The maximum absolute atomic E-state index is 12.4. The van der Waals surface area contributed by atoms with Crippen molar-refractivity contribution in [2.45, 2.75) is 19.5 Å². The number of esters is 1. The number of carbonyl (C=O) groups excluding carboxylic acids is 1. The summed E-state index contributed by atoms with van der Waals surface area (Å²) >= 11 is 3.01. The lowest BCUT2D eigenvalue weighted by molar-refractivity contribution is -0.142. The molecular formula is C11H10BrF3O2. The number of rotatable bonds is 3. The molecule has 0 radical (unpaired) electrons. The third kappa shape index (κ3) is 4.03. The van der Waals surface area contributed by atoms with E-state index >= 15 is 0 Å². The van der Waals surface area contributed by atoms with Gasteiger partial charge in [-0.3, -0.25) is 4.79 Å². The smallest absolute Gasteiger partial charge is 0.416 e. The van der Waals surface area contributed by atoms with Crippen LogP contribution in [0.15, 0.2) is 22.7 Å². The summed E-state index contributed by atoms with van der Waals surface area (Å²) in [5.74, 6) is -0.465. The van der Waals surface area contributed by atoms with Crippen molar-refractivity contribution in [2.75, 3.05) is 6.61 Å². The summed E-state index contributed by atoms with van der Waals surface area (Å²) in [5.41, 5.74) is -0.284. The molecule has 0 aliphatic carbocycles. The van der Waals surface area contributed by atoms with Gasteiger partial charge in [0.05, 0.1) is 18.6 Å². The van der Waals surface area contributed by atoms with Gasteiger partial charge in [0.1, 0.15) is 0 Å². The Morgan fingerprint density at radius 2 is 2.06 bits per heavy atom. The topological polar surface area (TPSA) is 26.3 Å². The van der Waals surface area contributed by atoms with Crippen LogP contribution >= 0.6 is 15.9 Å². The van der Waals surface area contributed by atoms with Gasteiger partial charge in [0.2, 0.25) is 0 Å². The van der Waals surface area contributed by atoms with Gasteiger partial charge < -0.3 is 4.74 Å². The molecule has 6 heteroatoms. The summed E-state index contributed by atoms with van der Waals surface area (Å²) in [6.45, 7) is 1.91. The number of hydrogen-bond acceptors (Lipinski definition) is 2. The Kier molecular flexibility index (Phi) is 4.56. The first kappa shape index (κ1) is 14.0. The predicted molar refractivity (Wildman–Crippen MR) is 59.5 cm³/mol. The van der Waals surface area contributed by atoms with Crippen molar-refractivity contribution in [1.82, 2.24) is 0 Å². The molecule has 1 aromatic rings. The summed E-state index contributed by atoms with van der Waals surface area (Å²) < 4.78 is 42.1. The van der Waals surface area contributed by atoms with E-state index in [4.69, 9.17) is 4.74 Å². The number of halogens is 4. The van der Waals surface area contributed by atoms with E-state index in [1.165, 1.54) is 6.07 Å². The normalized spacial score (nSPS) is 11.4. The second kappa shape index (κ2) is 5.53. The standard InChI is InChI=1S/C11H10BrF3O2/c1-2-17-10(16)5-7-3-4-8(6-9(7)12)11(13,14)15/h3-4,6H,2,5H2,1H3. The quantitative estimate of drug-likeness (QED) is 0.798. The van der Waals surface area contributed by atoms with Crippen LogP contribution in [0.2, 0.25) is 0 Å². The molecule has 1 aromatic carbocycles. The van der Waals surface area contributed by atoms with Crippen molar-refractivity contribution in [3.05, 3.63) is 33.8 Å². The minimum absolute atomic E-state index is 0.0490. The molecule has 0 bridgehead atoms. The summed E-state index contributed by atoms with van der Waals surface area (Å²) in [7, 11) is 0. The first-order chi connectivity index (χ1) is 7.84. The summed E-state index contributed by atoms with van der Waals surface area (Å²) in [6.07, 6.45) is -4.43. The van der Waals surface area contributed by atoms with E-state index in [0.717, 1.165) is 12.1 Å². The SMILES string of the molecule is CCOC(=O)Cc1ccc(C(F)(F)F)cc1Br. The first-order valence-corrected chi connectivity index (χ1v) is 5.65. The molecule has 0 saturated heterocycles. The second-order valence-corrected chi connectivity index (χ2v) is 4.14. The maximum atomic E-state index is 12.4. The number of carbonyl (C=O) groups is 1. The highest BCUT2D eigenvalue weighted by molar-refractivity contribution is 9.10. The summed E-state index contributed by atoms with van der Waals surface area (Å²) in [4.78, 5) is 11.2. The molecule has 2 nitrogen and oxygen atoms in total. The number of ether oxygens (including phenoxy) is 1. The Balaban J connectivity index is 2.87. The largest absolute Gasteiger partial charge is 0.466 e. The lowest BCUT2D eigenvalue weighted by Gasteiger charge is -2.09. The number of benzene rings is 1. The molecular weight excluding hydrogens is 301 g/mol. The molecule has 0 aliphatic rings. The molecule has 1 rings (SSSR count). The van der Waals surface area contributed by atoms with E-state index in [1.54, 1.807) is 6.92 Å². The number of hydrogen-bond donors (Lipinski definition) is 0. The van der Waals surface area contributed by atoms with Crippen LogP contribution in [0.1, 0.15) is 18.1 Å². The molecule has 0 atom stereocenters. The van der Waals surface area contributed by atoms with Crippen molar-refractivity contribution in [3.63, 3.8) is 0 Å². The zero-order valence-electron chi connectivity index (χ0n) is 8.97. The average Bonchev–Trinajstić information content (AvgIpc) is 2.20. The zero-order chi connectivity index (χ0) is 13.1. The maximum Gasteiger partial charge on any atom is 0.416 e. The third-order valence-electron chi connectivity index (χ3n) is 2.02. The molecule has 0 spiro atoms. The lowest BCUT2D eigenvalue weighted by Crippen LogP contribution is -2.09. The van der Waals surface area contributed by atoms with Crippen LogP contribution in [0, 0.1) is 0 Å².